The van der Waals surface area contributed by atoms with Crippen molar-refractivity contribution in [1.29, 1.82) is 0 Å². The summed E-state index contributed by atoms with van der Waals surface area (Å²) in [7, 11) is 0. The van der Waals surface area contributed by atoms with Crippen LogP contribution in [0.15, 0.2) is 0 Å². The van der Waals surface area contributed by atoms with E-state index in [2.05, 4.69) is 90.4 Å². The van der Waals surface area contributed by atoms with Gasteiger partial charge in [0.15, 0.2) is 0 Å². The fourth-order valence-electron chi connectivity index (χ4n) is 12.8. The Bertz CT molecular complexity index is 3990. The van der Waals surface area contributed by atoms with Crippen LogP contribution in [-0.4, -0.2) is 337 Å². The van der Waals surface area contributed by atoms with Crippen molar-refractivity contribution in [3.63, 3.8) is 0 Å². The van der Waals surface area contributed by atoms with Gasteiger partial charge in [-0.25, -0.2) is 4.79 Å². The third-order valence-electron chi connectivity index (χ3n) is 20.7. The van der Waals surface area contributed by atoms with Crippen LogP contribution in [0.3, 0.4) is 0 Å². The van der Waals surface area contributed by atoms with Crippen LogP contribution >= 0.6 is 0 Å². The van der Waals surface area contributed by atoms with E-state index in [9.17, 15) is 146 Å². The first kappa shape index (κ1) is 118. The Morgan fingerprint density at radius 3 is 1.19 bits per heavy atom. The first-order valence-corrected chi connectivity index (χ1v) is 43.3. The first-order chi connectivity index (χ1) is 61.7. The quantitative estimate of drug-likeness (QED) is 0.0251. The number of likely N-dealkylation sites (tertiary alicyclic amines) is 1. The van der Waals surface area contributed by atoms with Crippen LogP contribution < -0.4 is 108 Å². The van der Waals surface area contributed by atoms with Gasteiger partial charge in [0.1, 0.15) is 90.6 Å². The van der Waals surface area contributed by atoms with E-state index >= 15 is 0 Å². The number of aliphatic hydroxyl groups is 3. The summed E-state index contributed by atoms with van der Waals surface area (Å²) in [6.45, 7) is 12.5. The summed E-state index contributed by atoms with van der Waals surface area (Å²) >= 11 is 0. The second kappa shape index (κ2) is 60.5. The summed E-state index contributed by atoms with van der Waals surface area (Å²) in [5.74, 6) is -27.0. The second-order valence-corrected chi connectivity index (χ2v) is 32.8. The summed E-state index contributed by atoms with van der Waals surface area (Å²) in [5, 5.41) is 118. The molecule has 0 aliphatic carbocycles. The Balaban J connectivity index is 3.13. The average molecular weight is 1890 g/mol. The van der Waals surface area contributed by atoms with Crippen molar-refractivity contribution in [3.05, 3.63) is 0 Å². The number of carbonyl (C=O) groups is 23. The minimum Gasteiger partial charge on any atom is -0.481 e. The van der Waals surface area contributed by atoms with Gasteiger partial charge in [-0.2, -0.15) is 0 Å². The zero-order valence-electron chi connectivity index (χ0n) is 75.9. The SMILES string of the molecule is CC[C@H](C)[C@H](NC(=O)CNC(=O)CNC(=O)[C@H](C)NC(=O)[C@@H](NC(=O)[C@H](CCCCN)NC(=O)[C@@H](NC(=O)[C@H](CCC(=O)O)NC(=O)[C@H](CCC(=O)O)NC(=O)[C@@H](N)CCC(=O)O)[C@@H](C)O)[C@@H](C)O)C(=O)N[C@H](C(=O)N[C@@H](CC(C)C)C(=O)N1CCC[C@H]1C(=O)NCC(=O)N[C@@H](CO)C(=O)N[C@@H](C)C(=O)N[C@@H](C)C(=O)N[C@@H](CCC(=O)O)C(=O)N[C@@H](CCCCN)C(=O)O)C(C)C. The van der Waals surface area contributed by atoms with Gasteiger partial charge in [0, 0.05) is 32.2 Å². The number of aliphatic carboxylic acids is 5. The fourth-order valence-corrected chi connectivity index (χ4v) is 12.8. The van der Waals surface area contributed by atoms with Crippen molar-refractivity contribution in [3.8, 4) is 0 Å². The number of aliphatic hydroxyl groups excluding tert-OH is 3. The highest BCUT2D eigenvalue weighted by Crippen LogP contribution is 2.22. The number of carboxylic acid groups (broad SMARTS) is 5. The lowest BCUT2D eigenvalue weighted by Gasteiger charge is -2.32. The predicted molar refractivity (Wildman–Crippen MR) is 461 cm³/mol. The lowest BCUT2D eigenvalue weighted by molar-refractivity contribution is -0.143. The van der Waals surface area contributed by atoms with Gasteiger partial charge in [-0.05, 0) is 149 Å². The van der Waals surface area contributed by atoms with Gasteiger partial charge in [-0.3, -0.25) is 105 Å². The first-order valence-electron chi connectivity index (χ1n) is 43.3. The van der Waals surface area contributed by atoms with Gasteiger partial charge in [-0.1, -0.05) is 48.0 Å². The van der Waals surface area contributed by atoms with Gasteiger partial charge < -0.3 is 153 Å². The van der Waals surface area contributed by atoms with Gasteiger partial charge in [0.25, 0.3) is 0 Å². The summed E-state index contributed by atoms with van der Waals surface area (Å²) < 4.78 is 0. The van der Waals surface area contributed by atoms with E-state index < -0.39 is 334 Å². The van der Waals surface area contributed by atoms with Gasteiger partial charge >= 0.3 is 29.8 Å². The van der Waals surface area contributed by atoms with Crippen LogP contribution in [0.2, 0.25) is 0 Å². The molecule has 0 aromatic heterocycles. The Morgan fingerprint density at radius 1 is 0.364 bits per heavy atom. The number of carbonyl (C=O) groups excluding carboxylic acids is 18. The molecule has 1 rings (SSSR count). The highest BCUT2D eigenvalue weighted by Gasteiger charge is 2.42. The summed E-state index contributed by atoms with van der Waals surface area (Å²) in [6, 6.07) is -25.0. The molecular weight excluding hydrogens is 1750 g/mol. The molecule has 19 atom stereocenters. The predicted octanol–water partition coefficient (Wildman–Crippen LogP) is -10.2. The lowest BCUT2D eigenvalue weighted by Crippen LogP contribution is -2.62. The van der Waals surface area contributed by atoms with E-state index in [0.29, 0.717) is 19.3 Å². The molecule has 0 saturated carbocycles. The van der Waals surface area contributed by atoms with Crippen molar-refractivity contribution in [2.75, 3.05) is 45.9 Å². The molecule has 52 heteroatoms. The summed E-state index contributed by atoms with van der Waals surface area (Å²) in [4.78, 5) is 303. The molecular formula is C80H135N21O31. The maximum absolute atomic E-state index is 14.5. The zero-order chi connectivity index (χ0) is 101. The van der Waals surface area contributed by atoms with Crippen LogP contribution in [0.4, 0.5) is 0 Å². The topological polar surface area (TPSA) is 840 Å². The van der Waals surface area contributed by atoms with E-state index in [-0.39, 0.29) is 70.5 Å². The standard InChI is InChI=1S/C80H135N21O31/c1-12-39(6)62(76(127)98-61(38(4)5)75(126)96-51(32-37(2)3)79(130)101-31-17-20-53(101)74(125)86-35-55(106)90-52(36-102)73(124)88-41(8)66(117)87-42(9)67(118)91-47(22-26-58(110)111)70(121)95-50(80(131)132)19-14-16-30-82)97-56(107)34-84-54(105)33-85-65(116)40(7)89-77(128)63(43(10)103)99-71(122)46(18-13-15-29-81)94-78(129)64(44(11)104)100-72(123)49(24-28-60(114)115)93-69(120)48(23-27-59(112)113)92-68(119)45(83)21-25-57(108)109/h37-53,61-64,102-104H,12-36,81-83H2,1-11H3,(H,84,105)(H,85,116)(H,86,125)(H,87,117)(H,88,124)(H,89,128)(H,90,106)(H,91,118)(H,92,119)(H,93,120)(H,94,129)(H,95,121)(H,96,126)(H,97,107)(H,98,127)(H,99,122)(H,100,123)(H,108,109)(H,110,111)(H,112,113)(H,114,115)(H,131,132)/t39-,40-,41-,42-,43+,44+,45-,46-,47-,48-,49-,50-,51-,52-,53-,61-,62-,63-,64-/m0/s1. The van der Waals surface area contributed by atoms with Crippen molar-refractivity contribution in [2.45, 2.75) is 301 Å². The van der Waals surface area contributed by atoms with Crippen molar-refractivity contribution in [1.82, 2.24) is 95.3 Å². The number of nitrogens with one attached hydrogen (secondary N) is 17. The molecule has 0 bridgehead atoms. The third kappa shape index (κ3) is 44.0. The molecule has 0 aromatic rings. The molecule has 31 N–H and O–H groups in total. The monoisotopic (exact) mass is 1890 g/mol. The minimum absolute atomic E-state index is 0.0210. The maximum Gasteiger partial charge on any atom is 0.326 e. The number of rotatable bonds is 64. The molecule has 1 fully saturated rings. The van der Waals surface area contributed by atoms with Crippen LogP contribution in [0.5, 0.6) is 0 Å². The van der Waals surface area contributed by atoms with Crippen LogP contribution in [0.1, 0.15) is 192 Å². The molecule has 0 radical (unpaired) electrons. The van der Waals surface area contributed by atoms with Crippen molar-refractivity contribution >= 4 is 136 Å². The number of nitrogens with two attached hydrogens (primary N) is 3. The number of hydrogen-bond acceptors (Lipinski definition) is 29. The minimum atomic E-state index is -2.00. The van der Waals surface area contributed by atoms with E-state index in [4.69, 9.17) is 22.3 Å². The third-order valence-corrected chi connectivity index (χ3v) is 20.7. The number of hydrogen-bond donors (Lipinski definition) is 28. The molecule has 746 valence electrons. The van der Waals surface area contributed by atoms with E-state index in [1.165, 1.54) is 18.7 Å². The molecule has 52 nitrogen and oxygen atoms in total. The van der Waals surface area contributed by atoms with E-state index in [1.54, 1.807) is 41.5 Å². The lowest BCUT2D eigenvalue weighted by atomic mass is 9.96. The number of unbranched alkanes of at least 4 members (excludes halogenated alkanes) is 2. The average Bonchev–Trinajstić information content (AvgIpc) is 1.65. The summed E-state index contributed by atoms with van der Waals surface area (Å²) in [6.07, 6.45) is -6.92. The normalized spacial score (nSPS) is 16.4. The van der Waals surface area contributed by atoms with Crippen LogP contribution in [0, 0.1) is 17.8 Å². The molecule has 132 heavy (non-hydrogen) atoms. The van der Waals surface area contributed by atoms with Gasteiger partial charge in [0.05, 0.1) is 44.5 Å². The highest BCUT2D eigenvalue weighted by atomic mass is 16.4. The molecule has 18 amide bonds. The molecule has 1 aliphatic heterocycles. The van der Waals surface area contributed by atoms with Crippen molar-refractivity contribution in [2.24, 2.45) is 35.0 Å². The van der Waals surface area contributed by atoms with Gasteiger partial charge in [-0.15, -0.1) is 0 Å². The molecule has 1 aliphatic rings. The molecule has 1 heterocycles. The largest absolute Gasteiger partial charge is 0.481 e. The number of amides is 18. The molecule has 0 spiro atoms. The summed E-state index contributed by atoms with van der Waals surface area (Å²) in [5.41, 5.74) is 16.9. The Labute approximate surface area is 761 Å². The highest BCUT2D eigenvalue weighted by molar-refractivity contribution is 6.01. The number of nitrogens with zero attached hydrogens (tertiary/aromatic N) is 1. The second-order valence-electron chi connectivity index (χ2n) is 32.8. The van der Waals surface area contributed by atoms with Gasteiger partial charge in [0.2, 0.25) is 106 Å². The van der Waals surface area contributed by atoms with Crippen molar-refractivity contribution < 1.29 is 151 Å². The smallest absolute Gasteiger partial charge is 0.326 e. The zero-order valence-corrected chi connectivity index (χ0v) is 75.9. The van der Waals surface area contributed by atoms with E-state index in [1.807, 2.05) is 0 Å². The van der Waals surface area contributed by atoms with Crippen LogP contribution in [-0.2, 0) is 110 Å². The number of carboxylic acids is 5. The van der Waals surface area contributed by atoms with E-state index in [0.717, 1.165) is 20.8 Å². The van der Waals surface area contributed by atoms with Crippen LogP contribution in [0.25, 0.3) is 0 Å². The Kier molecular flexibility index (Phi) is 53.9. The fraction of sp³-hybridized carbons (Fsp3) is 0.713. The Hall–Kier alpha value is -12.4. The maximum atomic E-state index is 14.5. The molecule has 1 saturated heterocycles. The Morgan fingerprint density at radius 2 is 0.727 bits per heavy atom. The molecule has 0 unspecified atom stereocenters. The molecule has 0 aromatic carbocycles.